The molecule has 19 heavy (non-hydrogen) atoms. The maximum atomic E-state index is 10.6. The lowest BCUT2D eigenvalue weighted by atomic mass is 9.90. The Morgan fingerprint density at radius 2 is 1.74 bits per heavy atom. The smallest absolute Gasteiger partial charge is 0.0971 e. The highest BCUT2D eigenvalue weighted by molar-refractivity contribution is 8.17. The van der Waals surface area contributed by atoms with Crippen LogP contribution in [0.25, 0.3) is 0 Å². The van der Waals surface area contributed by atoms with Crippen molar-refractivity contribution in [1.29, 1.82) is 0 Å². The van der Waals surface area contributed by atoms with Crippen LogP contribution in [0.4, 0.5) is 0 Å². The van der Waals surface area contributed by atoms with Crippen molar-refractivity contribution in [2.75, 3.05) is 0 Å². The molecule has 1 N–H and O–H groups in total. The second-order valence-corrected chi connectivity index (χ2v) is 10.1. The molecular weight excluding hydrogens is 274 g/mol. The normalized spacial score (nSPS) is 16.2. The molecule has 0 radical (unpaired) electrons. The summed E-state index contributed by atoms with van der Waals surface area (Å²) in [7, 11) is 0. The minimum absolute atomic E-state index is 0.0786. The number of aliphatic hydroxyl groups is 1. The van der Waals surface area contributed by atoms with Crippen LogP contribution >= 0.6 is 23.5 Å². The van der Waals surface area contributed by atoms with Crippen LogP contribution in [-0.4, -0.2) is 25.5 Å². The van der Waals surface area contributed by atoms with Gasteiger partial charge in [-0.1, -0.05) is 59.4 Å². The molecular formula is C15H25NOS2. The molecule has 0 bridgehead atoms. The van der Waals surface area contributed by atoms with E-state index < -0.39 is 0 Å². The Balaban J connectivity index is 2.87. The average Bonchev–Trinajstić information content (AvgIpc) is 2.25. The van der Waals surface area contributed by atoms with Gasteiger partial charge in [-0.3, -0.25) is 0 Å². The van der Waals surface area contributed by atoms with E-state index >= 15 is 0 Å². The molecule has 2 nitrogen and oxygen atoms in total. The van der Waals surface area contributed by atoms with Gasteiger partial charge >= 0.3 is 0 Å². The Morgan fingerprint density at radius 3 is 2.16 bits per heavy atom. The van der Waals surface area contributed by atoms with Gasteiger partial charge in [0, 0.05) is 10.9 Å². The van der Waals surface area contributed by atoms with Crippen molar-refractivity contribution >= 4 is 23.5 Å². The van der Waals surface area contributed by atoms with E-state index in [2.05, 4.69) is 46.5 Å². The molecule has 0 aliphatic heterocycles. The fourth-order valence-corrected chi connectivity index (χ4v) is 5.09. The second-order valence-electron chi connectivity index (χ2n) is 6.70. The Labute approximate surface area is 125 Å². The minimum Gasteiger partial charge on any atom is -0.391 e. The van der Waals surface area contributed by atoms with Crippen molar-refractivity contribution in [2.45, 2.75) is 62.0 Å². The first-order valence-corrected chi connectivity index (χ1v) is 8.29. The first kappa shape index (κ1) is 16.9. The zero-order valence-corrected chi connectivity index (χ0v) is 14.3. The summed E-state index contributed by atoms with van der Waals surface area (Å²) < 4.78 is 0.188. The number of pyridine rings is 1. The quantitative estimate of drug-likeness (QED) is 0.658. The maximum Gasteiger partial charge on any atom is 0.0971 e. The van der Waals surface area contributed by atoms with Crippen LogP contribution in [0.5, 0.6) is 0 Å². The van der Waals surface area contributed by atoms with E-state index in [0.717, 1.165) is 5.03 Å². The van der Waals surface area contributed by atoms with E-state index in [1.165, 1.54) is 0 Å². The highest BCUT2D eigenvalue weighted by Gasteiger charge is 2.34. The third-order valence-electron chi connectivity index (χ3n) is 2.49. The van der Waals surface area contributed by atoms with Crippen LogP contribution in [0.15, 0.2) is 29.4 Å². The first-order chi connectivity index (χ1) is 8.59. The van der Waals surface area contributed by atoms with Gasteiger partial charge in [0.1, 0.15) is 0 Å². The zero-order chi connectivity index (χ0) is 14.7. The first-order valence-electron chi connectivity index (χ1n) is 6.53. The van der Waals surface area contributed by atoms with Crippen LogP contribution in [0, 0.1) is 5.41 Å². The number of hydrogen-bond donors (Lipinski definition) is 1. The van der Waals surface area contributed by atoms with E-state index in [-0.39, 0.29) is 20.8 Å². The van der Waals surface area contributed by atoms with Crippen LogP contribution in [0.2, 0.25) is 0 Å². The molecule has 108 valence electrons. The zero-order valence-electron chi connectivity index (χ0n) is 12.7. The summed E-state index contributed by atoms with van der Waals surface area (Å²) in [6.45, 7) is 12.8. The summed E-state index contributed by atoms with van der Waals surface area (Å²) in [6, 6.07) is 5.89. The lowest BCUT2D eigenvalue weighted by Gasteiger charge is -2.35. The van der Waals surface area contributed by atoms with Crippen molar-refractivity contribution in [3.8, 4) is 0 Å². The molecule has 4 heteroatoms. The number of hydrogen-bond acceptors (Lipinski definition) is 4. The van der Waals surface area contributed by atoms with Gasteiger partial charge in [-0.15, -0.1) is 11.8 Å². The molecule has 1 aromatic heterocycles. The van der Waals surface area contributed by atoms with Crippen LogP contribution in [0.3, 0.4) is 0 Å². The van der Waals surface area contributed by atoms with Crippen LogP contribution in [-0.2, 0) is 0 Å². The molecule has 0 fully saturated rings. The number of thioether (sulfide) groups is 2. The van der Waals surface area contributed by atoms with Crippen LogP contribution < -0.4 is 0 Å². The fraction of sp³-hybridized carbons (Fsp3) is 0.667. The highest BCUT2D eigenvalue weighted by Crippen LogP contribution is 2.43. The van der Waals surface area contributed by atoms with Gasteiger partial charge in [0.05, 0.1) is 15.7 Å². The second kappa shape index (κ2) is 6.51. The number of aliphatic hydroxyl groups excluding tert-OH is 1. The molecule has 0 aromatic carbocycles. The Kier molecular flexibility index (Phi) is 5.78. The molecule has 1 heterocycles. The predicted molar refractivity (Wildman–Crippen MR) is 86.7 cm³/mol. The molecule has 0 unspecified atom stereocenters. The lowest BCUT2D eigenvalue weighted by Crippen LogP contribution is -2.36. The topological polar surface area (TPSA) is 33.1 Å². The molecule has 1 aromatic rings. The van der Waals surface area contributed by atoms with Gasteiger partial charge in [0.2, 0.25) is 0 Å². The van der Waals surface area contributed by atoms with Gasteiger partial charge in [0.25, 0.3) is 0 Å². The summed E-state index contributed by atoms with van der Waals surface area (Å²) in [6.07, 6.45) is 1.41. The number of rotatable bonds is 4. The van der Waals surface area contributed by atoms with Gasteiger partial charge in [-0.25, -0.2) is 4.98 Å². The van der Waals surface area contributed by atoms with Crippen molar-refractivity contribution < 1.29 is 5.11 Å². The van der Waals surface area contributed by atoms with Gasteiger partial charge < -0.3 is 5.11 Å². The Hall–Kier alpha value is -0.190. The van der Waals surface area contributed by atoms with E-state index in [1.807, 2.05) is 18.2 Å². The molecule has 0 aliphatic carbocycles. The van der Waals surface area contributed by atoms with E-state index in [1.54, 1.807) is 29.7 Å². The minimum atomic E-state index is -0.385. The van der Waals surface area contributed by atoms with E-state index in [9.17, 15) is 5.11 Å². The fourth-order valence-electron chi connectivity index (χ4n) is 1.45. The number of nitrogens with zero attached hydrogens (tertiary/aromatic N) is 1. The molecule has 0 saturated heterocycles. The molecule has 0 saturated carbocycles. The van der Waals surface area contributed by atoms with Crippen molar-refractivity contribution in [3.63, 3.8) is 0 Å². The van der Waals surface area contributed by atoms with E-state index in [4.69, 9.17) is 0 Å². The summed E-state index contributed by atoms with van der Waals surface area (Å²) in [4.78, 5) is 4.35. The maximum absolute atomic E-state index is 10.6. The predicted octanol–water partition coefficient (Wildman–Crippen LogP) is 4.44. The number of aromatic nitrogens is 1. The summed E-state index contributed by atoms with van der Waals surface area (Å²) in [5.74, 6) is 0. The average molecular weight is 300 g/mol. The van der Waals surface area contributed by atoms with Crippen LogP contribution in [0.1, 0.15) is 41.5 Å². The highest BCUT2D eigenvalue weighted by atomic mass is 32.2. The molecule has 0 aliphatic rings. The summed E-state index contributed by atoms with van der Waals surface area (Å²) in [5.41, 5.74) is -0.134. The van der Waals surface area contributed by atoms with Crippen molar-refractivity contribution in [1.82, 2.24) is 4.98 Å². The summed E-state index contributed by atoms with van der Waals surface area (Å²) >= 11 is 3.46. The Bertz CT molecular complexity index is 381. The third-order valence-corrected chi connectivity index (χ3v) is 5.24. The molecule has 0 amide bonds. The van der Waals surface area contributed by atoms with Crippen molar-refractivity contribution in [3.05, 3.63) is 24.4 Å². The lowest BCUT2D eigenvalue weighted by molar-refractivity contribution is 0.0775. The van der Waals surface area contributed by atoms with Gasteiger partial charge in [0.15, 0.2) is 0 Å². The largest absolute Gasteiger partial charge is 0.391 e. The molecule has 1 rings (SSSR count). The van der Waals surface area contributed by atoms with Crippen molar-refractivity contribution in [2.24, 2.45) is 5.41 Å². The monoisotopic (exact) mass is 299 g/mol. The third kappa shape index (κ3) is 6.19. The Morgan fingerprint density at radius 1 is 1.11 bits per heavy atom. The van der Waals surface area contributed by atoms with Gasteiger partial charge in [-0.2, -0.15) is 0 Å². The molecule has 0 spiro atoms. The van der Waals surface area contributed by atoms with Gasteiger partial charge in [-0.05, 0) is 17.5 Å². The van der Waals surface area contributed by atoms with E-state index in [0.29, 0.717) is 0 Å². The SMILES string of the molecule is CC(C)(C)S[C@@H](Sc1ccccn1)[C@@H](O)C(C)(C)C. The summed E-state index contributed by atoms with van der Waals surface area (Å²) in [5, 5.41) is 11.6. The standard InChI is InChI=1S/C15H25NOS2/c1-14(2,3)12(17)13(19-15(4,5)6)18-11-9-7-8-10-16-11/h7-10,12-13,17H,1-6H3/t12-,13-/m1/s1. The molecule has 2 atom stereocenters.